The molecule has 3 N–H and O–H groups in total. The molecule has 8 heteroatoms. The minimum Gasteiger partial charge on any atom is -0.451 e. The van der Waals surface area contributed by atoms with Crippen molar-refractivity contribution in [1.29, 1.82) is 0 Å². The highest BCUT2D eigenvalue weighted by molar-refractivity contribution is 5.93. The first-order valence-electron chi connectivity index (χ1n) is 7.79. The molecule has 8 nitrogen and oxygen atoms in total. The van der Waals surface area contributed by atoms with Crippen LogP contribution in [0.2, 0.25) is 0 Å². The molecule has 2 aromatic heterocycles. The number of oxazole rings is 1. The zero-order chi connectivity index (χ0) is 17.5. The third kappa shape index (κ3) is 4.31. The predicted octanol–water partition coefficient (Wildman–Crippen LogP) is 1.61. The van der Waals surface area contributed by atoms with Crippen molar-refractivity contribution in [3.63, 3.8) is 0 Å². The average molecular weight is 339 g/mol. The topological polar surface area (TPSA) is 113 Å². The molecule has 0 radical (unpaired) electrons. The molecule has 3 rings (SSSR count). The highest BCUT2D eigenvalue weighted by Gasteiger charge is 2.11. The number of carbonyl (C=O) groups is 2. The fourth-order valence-electron chi connectivity index (χ4n) is 2.20. The van der Waals surface area contributed by atoms with Gasteiger partial charge >= 0.3 is 0 Å². The summed E-state index contributed by atoms with van der Waals surface area (Å²) in [4.78, 5) is 27.5. The minimum atomic E-state index is -0.304. The lowest BCUT2D eigenvalue weighted by molar-refractivity contribution is 0.0946. The van der Waals surface area contributed by atoms with Gasteiger partial charge in [0, 0.05) is 18.7 Å². The number of H-pyrrole nitrogens is 1. The summed E-state index contributed by atoms with van der Waals surface area (Å²) in [5.74, 6) is -0.543. The van der Waals surface area contributed by atoms with Crippen molar-refractivity contribution in [2.45, 2.75) is 6.42 Å². The zero-order valence-corrected chi connectivity index (χ0v) is 13.4. The second kappa shape index (κ2) is 7.91. The maximum absolute atomic E-state index is 12.1. The molecule has 0 aliphatic carbocycles. The summed E-state index contributed by atoms with van der Waals surface area (Å²) in [6.07, 6.45) is 3.07. The van der Waals surface area contributed by atoms with Crippen molar-refractivity contribution < 1.29 is 14.0 Å². The highest BCUT2D eigenvalue weighted by atomic mass is 16.3. The van der Waals surface area contributed by atoms with Gasteiger partial charge in [0.1, 0.15) is 12.0 Å². The summed E-state index contributed by atoms with van der Waals surface area (Å²) in [6, 6.07) is 11.3. The van der Waals surface area contributed by atoms with Gasteiger partial charge in [0.05, 0.1) is 5.69 Å². The number of amides is 2. The van der Waals surface area contributed by atoms with E-state index in [1.165, 1.54) is 12.7 Å². The number of nitrogens with one attached hydrogen (secondary N) is 3. The number of carbonyl (C=O) groups excluding carboxylic acids is 2. The SMILES string of the molecule is O=C(NCCCNC(=O)c1cc(-c2ccccc2)n[nH]1)c1cocn1. The molecule has 0 fully saturated rings. The Morgan fingerprint density at radius 3 is 2.56 bits per heavy atom. The van der Waals surface area contributed by atoms with Gasteiger partial charge in [-0.05, 0) is 12.5 Å². The fourth-order valence-corrected chi connectivity index (χ4v) is 2.20. The second-order valence-corrected chi connectivity index (χ2v) is 5.27. The number of nitrogens with zero attached hydrogens (tertiary/aromatic N) is 2. The van der Waals surface area contributed by atoms with Crippen LogP contribution in [0.3, 0.4) is 0 Å². The molecule has 0 saturated heterocycles. The Hall–Kier alpha value is -3.42. The fraction of sp³-hybridized carbons (Fsp3) is 0.176. The molecule has 0 bridgehead atoms. The van der Waals surface area contributed by atoms with Crippen LogP contribution in [0.25, 0.3) is 11.3 Å². The molecular weight excluding hydrogens is 322 g/mol. The minimum absolute atomic E-state index is 0.231. The number of aromatic amines is 1. The molecule has 0 aliphatic heterocycles. The van der Waals surface area contributed by atoms with Gasteiger partial charge in [0.2, 0.25) is 0 Å². The van der Waals surface area contributed by atoms with Crippen LogP contribution in [0.4, 0.5) is 0 Å². The molecular formula is C17H17N5O3. The molecule has 0 unspecified atom stereocenters. The Morgan fingerprint density at radius 1 is 1.08 bits per heavy atom. The molecule has 0 aliphatic rings. The molecule has 2 amide bonds. The number of hydrogen-bond donors (Lipinski definition) is 3. The van der Waals surface area contributed by atoms with Crippen molar-refractivity contribution in [2.75, 3.05) is 13.1 Å². The quantitative estimate of drug-likeness (QED) is 0.566. The van der Waals surface area contributed by atoms with E-state index in [2.05, 4.69) is 25.8 Å². The molecule has 128 valence electrons. The van der Waals surface area contributed by atoms with Crippen LogP contribution in [0.15, 0.2) is 53.5 Å². The number of aromatic nitrogens is 3. The molecule has 25 heavy (non-hydrogen) atoms. The normalized spacial score (nSPS) is 10.4. The average Bonchev–Trinajstić information content (AvgIpc) is 3.34. The van der Waals surface area contributed by atoms with E-state index in [-0.39, 0.29) is 17.5 Å². The molecule has 3 aromatic rings. The Labute approximate surface area is 143 Å². The monoisotopic (exact) mass is 339 g/mol. The molecule has 0 spiro atoms. The number of hydrogen-bond acceptors (Lipinski definition) is 5. The van der Waals surface area contributed by atoms with E-state index in [1.54, 1.807) is 6.07 Å². The molecule has 0 atom stereocenters. The third-order valence-corrected chi connectivity index (χ3v) is 3.48. The smallest absolute Gasteiger partial charge is 0.273 e. The van der Waals surface area contributed by atoms with Gasteiger partial charge in [-0.2, -0.15) is 5.10 Å². The van der Waals surface area contributed by atoms with E-state index in [9.17, 15) is 9.59 Å². The van der Waals surface area contributed by atoms with Crippen molar-refractivity contribution >= 4 is 11.8 Å². The van der Waals surface area contributed by atoms with Crippen molar-refractivity contribution in [3.8, 4) is 11.3 Å². The number of benzene rings is 1. The Morgan fingerprint density at radius 2 is 1.84 bits per heavy atom. The molecule has 0 saturated carbocycles. The Bertz CT molecular complexity index is 827. The summed E-state index contributed by atoms with van der Waals surface area (Å²) in [6.45, 7) is 0.849. The largest absolute Gasteiger partial charge is 0.451 e. The first-order valence-corrected chi connectivity index (χ1v) is 7.79. The highest BCUT2D eigenvalue weighted by Crippen LogP contribution is 2.16. The van der Waals surface area contributed by atoms with E-state index in [4.69, 9.17) is 4.42 Å². The predicted molar refractivity (Wildman–Crippen MR) is 89.8 cm³/mol. The van der Waals surface area contributed by atoms with Crippen molar-refractivity contribution in [2.24, 2.45) is 0 Å². The lowest BCUT2D eigenvalue weighted by atomic mass is 10.1. The van der Waals surface area contributed by atoms with E-state index in [1.807, 2.05) is 30.3 Å². The van der Waals surface area contributed by atoms with Crippen molar-refractivity contribution in [1.82, 2.24) is 25.8 Å². The summed E-state index contributed by atoms with van der Waals surface area (Å²) >= 11 is 0. The Balaban J connectivity index is 1.41. The van der Waals surface area contributed by atoms with Crippen LogP contribution >= 0.6 is 0 Å². The Kier molecular flexibility index (Phi) is 5.20. The van der Waals surface area contributed by atoms with Gasteiger partial charge in [-0.15, -0.1) is 0 Å². The molecule has 1 aromatic carbocycles. The van der Waals surface area contributed by atoms with Gasteiger partial charge in [-0.3, -0.25) is 14.7 Å². The van der Waals surface area contributed by atoms with Crippen LogP contribution < -0.4 is 10.6 Å². The van der Waals surface area contributed by atoms with Gasteiger partial charge in [-0.1, -0.05) is 30.3 Å². The lowest BCUT2D eigenvalue weighted by Gasteiger charge is -2.04. The van der Waals surface area contributed by atoms with Gasteiger partial charge in [0.15, 0.2) is 12.1 Å². The van der Waals surface area contributed by atoms with Crippen molar-refractivity contribution in [3.05, 3.63) is 60.4 Å². The first-order chi connectivity index (χ1) is 12.2. The second-order valence-electron chi connectivity index (χ2n) is 5.27. The number of rotatable bonds is 7. The third-order valence-electron chi connectivity index (χ3n) is 3.48. The maximum Gasteiger partial charge on any atom is 0.273 e. The van der Waals surface area contributed by atoms with Gasteiger partial charge in [0.25, 0.3) is 11.8 Å². The molecule has 2 heterocycles. The summed E-state index contributed by atoms with van der Waals surface area (Å²) < 4.78 is 4.74. The zero-order valence-electron chi connectivity index (χ0n) is 13.4. The van der Waals surface area contributed by atoms with Crippen LogP contribution in [-0.2, 0) is 0 Å². The first kappa shape index (κ1) is 16.4. The van der Waals surface area contributed by atoms with Crippen LogP contribution in [-0.4, -0.2) is 40.1 Å². The van der Waals surface area contributed by atoms with E-state index < -0.39 is 0 Å². The van der Waals surface area contributed by atoms with Crippen LogP contribution in [0.1, 0.15) is 27.4 Å². The van der Waals surface area contributed by atoms with Crippen LogP contribution in [0.5, 0.6) is 0 Å². The van der Waals surface area contributed by atoms with Crippen LogP contribution in [0, 0.1) is 0 Å². The van der Waals surface area contributed by atoms with E-state index in [0.717, 1.165) is 5.56 Å². The van der Waals surface area contributed by atoms with Gasteiger partial charge in [-0.25, -0.2) is 4.98 Å². The maximum atomic E-state index is 12.1. The lowest BCUT2D eigenvalue weighted by Crippen LogP contribution is -2.30. The van der Waals surface area contributed by atoms with E-state index in [0.29, 0.717) is 30.9 Å². The summed E-state index contributed by atoms with van der Waals surface area (Å²) in [7, 11) is 0. The van der Waals surface area contributed by atoms with Gasteiger partial charge < -0.3 is 15.1 Å². The summed E-state index contributed by atoms with van der Waals surface area (Å²) in [5, 5.41) is 12.3. The van der Waals surface area contributed by atoms with E-state index >= 15 is 0 Å². The standard InChI is InChI=1S/C17H17N5O3/c23-16(14-9-13(21-22-14)12-5-2-1-3-6-12)18-7-4-8-19-17(24)15-10-25-11-20-15/h1-3,5-6,9-11H,4,7-8H2,(H,18,23)(H,19,24)(H,21,22). The summed E-state index contributed by atoms with van der Waals surface area (Å²) in [5.41, 5.74) is 2.28.